The molecule has 0 aliphatic carbocycles. The molecule has 0 saturated carbocycles. The summed E-state index contributed by atoms with van der Waals surface area (Å²) in [6, 6.07) is 24.7. The standard InChI is InChI=1S/C26H24N4O3/c31-25(26(14-18-32-19-15-26)20-6-2-1-3-7-20)27-21-8-10-22(11-9-21)33-24-13-12-23(28-29-24)30-16-4-5-17-30/h1-13,16-17H,14-15,18-19H2,(H,27,31). The Bertz CT molecular complexity index is 1180. The van der Waals surface area contributed by atoms with Crippen LogP contribution in [0.1, 0.15) is 18.4 Å². The van der Waals surface area contributed by atoms with Crippen molar-refractivity contribution in [3.8, 4) is 17.4 Å². The number of hydrogen-bond acceptors (Lipinski definition) is 5. The van der Waals surface area contributed by atoms with Crippen LogP contribution in [0.2, 0.25) is 0 Å². The van der Waals surface area contributed by atoms with E-state index in [4.69, 9.17) is 9.47 Å². The largest absolute Gasteiger partial charge is 0.438 e. The summed E-state index contributed by atoms with van der Waals surface area (Å²) in [5.41, 5.74) is 1.14. The highest BCUT2D eigenvalue weighted by Crippen LogP contribution is 2.36. The van der Waals surface area contributed by atoms with E-state index in [1.54, 1.807) is 18.2 Å². The third kappa shape index (κ3) is 4.49. The highest BCUT2D eigenvalue weighted by molar-refractivity contribution is 5.99. The molecule has 0 radical (unpaired) electrons. The molecule has 1 saturated heterocycles. The Kier molecular flexibility index (Phi) is 5.87. The van der Waals surface area contributed by atoms with Gasteiger partial charge in [-0.05, 0) is 60.9 Å². The molecule has 1 amide bonds. The molecule has 1 fully saturated rings. The molecule has 2 aromatic carbocycles. The minimum Gasteiger partial charge on any atom is -0.438 e. The van der Waals surface area contributed by atoms with E-state index < -0.39 is 5.41 Å². The molecule has 3 heterocycles. The molecule has 7 heteroatoms. The zero-order chi connectivity index (χ0) is 22.5. The number of carbonyl (C=O) groups is 1. The van der Waals surface area contributed by atoms with Crippen LogP contribution in [0.3, 0.4) is 0 Å². The van der Waals surface area contributed by atoms with Crippen molar-refractivity contribution in [2.24, 2.45) is 0 Å². The van der Waals surface area contributed by atoms with E-state index in [0.717, 1.165) is 5.56 Å². The Morgan fingerprint density at radius 2 is 1.61 bits per heavy atom. The minimum atomic E-state index is -0.592. The van der Waals surface area contributed by atoms with Crippen LogP contribution < -0.4 is 10.1 Å². The topological polar surface area (TPSA) is 78.3 Å². The molecule has 166 valence electrons. The Balaban J connectivity index is 1.27. The van der Waals surface area contributed by atoms with E-state index in [1.807, 2.05) is 77.6 Å². The average molecular weight is 441 g/mol. The van der Waals surface area contributed by atoms with E-state index in [1.165, 1.54) is 0 Å². The molecule has 1 aliphatic rings. The van der Waals surface area contributed by atoms with E-state index in [9.17, 15) is 4.79 Å². The third-order valence-electron chi connectivity index (χ3n) is 5.94. The molecule has 1 N–H and O–H groups in total. The van der Waals surface area contributed by atoms with Gasteiger partial charge >= 0.3 is 0 Å². The van der Waals surface area contributed by atoms with E-state index in [-0.39, 0.29) is 5.91 Å². The highest BCUT2D eigenvalue weighted by atomic mass is 16.5. The van der Waals surface area contributed by atoms with Crippen molar-refractivity contribution in [1.29, 1.82) is 0 Å². The molecule has 0 bridgehead atoms. The van der Waals surface area contributed by atoms with Gasteiger partial charge < -0.3 is 19.4 Å². The maximum atomic E-state index is 13.4. The number of nitrogens with one attached hydrogen (secondary N) is 1. The molecule has 2 aromatic heterocycles. The fourth-order valence-electron chi connectivity index (χ4n) is 4.09. The van der Waals surface area contributed by atoms with Gasteiger partial charge in [-0.25, -0.2) is 0 Å². The number of amides is 1. The Morgan fingerprint density at radius 3 is 2.27 bits per heavy atom. The molecular weight excluding hydrogens is 416 g/mol. The van der Waals surface area contributed by atoms with Gasteiger partial charge in [0.2, 0.25) is 11.8 Å². The molecule has 33 heavy (non-hydrogen) atoms. The lowest BCUT2D eigenvalue weighted by Gasteiger charge is -2.36. The lowest BCUT2D eigenvalue weighted by molar-refractivity contribution is -0.125. The van der Waals surface area contributed by atoms with Gasteiger partial charge in [0.25, 0.3) is 0 Å². The van der Waals surface area contributed by atoms with Gasteiger partial charge in [-0.15, -0.1) is 10.2 Å². The first-order valence-corrected chi connectivity index (χ1v) is 10.9. The first-order chi connectivity index (χ1) is 16.2. The van der Waals surface area contributed by atoms with Crippen molar-refractivity contribution >= 4 is 11.6 Å². The quantitative estimate of drug-likeness (QED) is 0.468. The lowest BCUT2D eigenvalue weighted by atomic mass is 9.73. The second-order valence-corrected chi connectivity index (χ2v) is 7.96. The van der Waals surface area contributed by atoms with Gasteiger partial charge in [-0.3, -0.25) is 4.79 Å². The molecule has 0 spiro atoms. The van der Waals surface area contributed by atoms with Crippen LogP contribution in [0.5, 0.6) is 11.6 Å². The Morgan fingerprint density at radius 1 is 0.879 bits per heavy atom. The van der Waals surface area contributed by atoms with E-state index in [0.29, 0.717) is 49.2 Å². The zero-order valence-electron chi connectivity index (χ0n) is 18.1. The van der Waals surface area contributed by atoms with Gasteiger partial charge in [-0.1, -0.05) is 30.3 Å². The fourth-order valence-corrected chi connectivity index (χ4v) is 4.09. The summed E-state index contributed by atoms with van der Waals surface area (Å²) < 4.78 is 13.2. The van der Waals surface area contributed by atoms with Crippen LogP contribution in [0.25, 0.3) is 5.82 Å². The first kappa shape index (κ1) is 20.9. The zero-order valence-corrected chi connectivity index (χ0v) is 18.1. The second-order valence-electron chi connectivity index (χ2n) is 7.96. The number of nitrogens with zero attached hydrogens (tertiary/aromatic N) is 3. The van der Waals surface area contributed by atoms with Gasteiger partial charge in [0.15, 0.2) is 5.82 Å². The number of carbonyl (C=O) groups excluding carboxylic acids is 1. The molecule has 5 rings (SSSR count). The molecule has 0 atom stereocenters. The predicted molar refractivity (Wildman–Crippen MR) is 125 cm³/mol. The maximum absolute atomic E-state index is 13.4. The predicted octanol–water partition coefficient (Wildman–Crippen LogP) is 4.75. The van der Waals surface area contributed by atoms with Crippen molar-refractivity contribution in [2.75, 3.05) is 18.5 Å². The van der Waals surface area contributed by atoms with Crippen LogP contribution in [-0.4, -0.2) is 33.9 Å². The number of rotatable bonds is 6. The molecule has 0 unspecified atom stereocenters. The fraction of sp³-hybridized carbons (Fsp3) is 0.192. The second kappa shape index (κ2) is 9.26. The summed E-state index contributed by atoms with van der Waals surface area (Å²) in [6.45, 7) is 1.14. The summed E-state index contributed by atoms with van der Waals surface area (Å²) >= 11 is 0. The van der Waals surface area contributed by atoms with Crippen LogP contribution in [0, 0.1) is 0 Å². The minimum absolute atomic E-state index is 0.0165. The van der Waals surface area contributed by atoms with Crippen molar-refractivity contribution in [1.82, 2.24) is 14.8 Å². The third-order valence-corrected chi connectivity index (χ3v) is 5.94. The van der Waals surface area contributed by atoms with Gasteiger partial charge in [0.1, 0.15) is 5.75 Å². The smallest absolute Gasteiger partial charge is 0.238 e. The van der Waals surface area contributed by atoms with Gasteiger partial charge in [-0.2, -0.15) is 0 Å². The molecule has 7 nitrogen and oxygen atoms in total. The van der Waals surface area contributed by atoms with Crippen molar-refractivity contribution in [3.63, 3.8) is 0 Å². The summed E-state index contributed by atoms with van der Waals surface area (Å²) in [4.78, 5) is 13.4. The van der Waals surface area contributed by atoms with Crippen molar-refractivity contribution in [2.45, 2.75) is 18.3 Å². The van der Waals surface area contributed by atoms with Crippen LogP contribution in [0.4, 0.5) is 5.69 Å². The Labute approximate surface area is 192 Å². The number of benzene rings is 2. The summed E-state index contributed by atoms with van der Waals surface area (Å²) in [5, 5.41) is 11.4. The first-order valence-electron chi connectivity index (χ1n) is 10.9. The van der Waals surface area contributed by atoms with Crippen LogP contribution >= 0.6 is 0 Å². The summed E-state index contributed by atoms with van der Waals surface area (Å²) in [5.74, 6) is 1.70. The average Bonchev–Trinajstić information content (AvgIpc) is 3.42. The van der Waals surface area contributed by atoms with E-state index >= 15 is 0 Å². The molecule has 4 aromatic rings. The molecular formula is C26H24N4O3. The van der Waals surface area contributed by atoms with Crippen LogP contribution in [0.15, 0.2) is 91.3 Å². The van der Waals surface area contributed by atoms with Gasteiger partial charge in [0.05, 0.1) is 5.41 Å². The van der Waals surface area contributed by atoms with Gasteiger partial charge in [0, 0.05) is 37.4 Å². The number of aromatic nitrogens is 3. The lowest BCUT2D eigenvalue weighted by Crippen LogP contribution is -2.44. The summed E-state index contributed by atoms with van der Waals surface area (Å²) in [7, 11) is 0. The van der Waals surface area contributed by atoms with Crippen molar-refractivity contribution < 1.29 is 14.3 Å². The number of ether oxygens (including phenoxy) is 2. The van der Waals surface area contributed by atoms with E-state index in [2.05, 4.69) is 15.5 Å². The number of hydrogen-bond donors (Lipinski definition) is 1. The number of anilines is 1. The normalized spacial score (nSPS) is 15.0. The highest BCUT2D eigenvalue weighted by Gasteiger charge is 2.41. The van der Waals surface area contributed by atoms with Crippen molar-refractivity contribution in [3.05, 3.63) is 96.8 Å². The van der Waals surface area contributed by atoms with Crippen LogP contribution in [-0.2, 0) is 14.9 Å². The molecule has 1 aliphatic heterocycles. The summed E-state index contributed by atoms with van der Waals surface area (Å²) in [6.07, 6.45) is 5.11. The SMILES string of the molecule is O=C(Nc1ccc(Oc2ccc(-n3cccc3)nn2)cc1)C1(c2ccccc2)CCOCC1. The monoisotopic (exact) mass is 440 g/mol. The Hall–Kier alpha value is -3.97. The maximum Gasteiger partial charge on any atom is 0.238 e.